The lowest BCUT2D eigenvalue weighted by Gasteiger charge is -2.17. The van der Waals surface area contributed by atoms with Gasteiger partial charge in [-0.1, -0.05) is 78.9 Å². The maximum absolute atomic E-state index is 13.1. The molecular weight excluding hydrogens is 428 g/mol. The SMILES string of the molecule is CC(C)n1c(O)c(N=NC(=O)CNC(=O)C(c2ccccc2)c2ccccc2)c2ccccc21. The molecule has 0 saturated heterocycles. The summed E-state index contributed by atoms with van der Waals surface area (Å²) in [7, 11) is 0. The fourth-order valence-electron chi connectivity index (χ4n) is 4.05. The Morgan fingerprint density at radius 2 is 1.44 bits per heavy atom. The van der Waals surface area contributed by atoms with Gasteiger partial charge in [-0.2, -0.15) is 0 Å². The summed E-state index contributed by atoms with van der Waals surface area (Å²) in [5, 5.41) is 21.8. The lowest BCUT2D eigenvalue weighted by molar-refractivity contribution is -0.125. The van der Waals surface area contributed by atoms with E-state index in [9.17, 15) is 14.7 Å². The van der Waals surface area contributed by atoms with E-state index in [4.69, 9.17) is 0 Å². The van der Waals surface area contributed by atoms with Crippen LogP contribution >= 0.6 is 0 Å². The van der Waals surface area contributed by atoms with Crippen LogP contribution in [0, 0.1) is 0 Å². The van der Waals surface area contributed by atoms with Crippen LogP contribution < -0.4 is 5.32 Å². The van der Waals surface area contributed by atoms with E-state index in [0.717, 1.165) is 16.6 Å². The summed E-state index contributed by atoms with van der Waals surface area (Å²) in [6.07, 6.45) is 0. The van der Waals surface area contributed by atoms with Crippen molar-refractivity contribution in [3.63, 3.8) is 0 Å². The molecule has 0 bridgehead atoms. The number of fused-ring (bicyclic) bond motifs is 1. The molecule has 34 heavy (non-hydrogen) atoms. The number of azo groups is 1. The molecule has 0 aliphatic rings. The Labute approximate surface area is 197 Å². The third-order valence-corrected chi connectivity index (χ3v) is 5.58. The van der Waals surface area contributed by atoms with Crippen molar-refractivity contribution >= 4 is 28.4 Å². The second-order valence-electron chi connectivity index (χ2n) is 8.22. The average molecular weight is 455 g/mol. The first-order valence-corrected chi connectivity index (χ1v) is 11.1. The van der Waals surface area contributed by atoms with Gasteiger partial charge in [0.1, 0.15) is 6.54 Å². The molecule has 172 valence electrons. The Morgan fingerprint density at radius 1 is 0.882 bits per heavy atom. The van der Waals surface area contributed by atoms with Gasteiger partial charge in [-0.15, -0.1) is 10.2 Å². The lowest BCUT2D eigenvalue weighted by atomic mass is 9.90. The number of rotatable bonds is 7. The number of carbonyl (C=O) groups excluding carboxylic acids is 2. The van der Waals surface area contributed by atoms with Crippen molar-refractivity contribution in [1.29, 1.82) is 0 Å². The lowest BCUT2D eigenvalue weighted by Crippen LogP contribution is -2.33. The number of hydrogen-bond acceptors (Lipinski definition) is 4. The minimum absolute atomic E-state index is 0.00301. The molecule has 0 fully saturated rings. The number of para-hydroxylation sites is 1. The summed E-state index contributed by atoms with van der Waals surface area (Å²) in [4.78, 5) is 25.5. The van der Waals surface area contributed by atoms with E-state index >= 15 is 0 Å². The minimum Gasteiger partial charge on any atom is -0.493 e. The molecule has 2 N–H and O–H groups in total. The Bertz CT molecular complexity index is 1290. The zero-order chi connectivity index (χ0) is 24.1. The van der Waals surface area contributed by atoms with E-state index in [1.54, 1.807) is 4.57 Å². The first kappa shape index (κ1) is 22.9. The second kappa shape index (κ2) is 10.1. The van der Waals surface area contributed by atoms with Gasteiger partial charge in [0.2, 0.25) is 11.8 Å². The molecule has 3 aromatic carbocycles. The molecule has 1 aromatic heterocycles. The van der Waals surface area contributed by atoms with Gasteiger partial charge in [0.05, 0.1) is 11.4 Å². The summed E-state index contributed by atoms with van der Waals surface area (Å²) in [5.41, 5.74) is 2.69. The van der Waals surface area contributed by atoms with Gasteiger partial charge in [-0.05, 0) is 31.0 Å². The normalized spacial score (nSPS) is 11.5. The second-order valence-corrected chi connectivity index (χ2v) is 8.22. The minimum atomic E-state index is -0.617. The third kappa shape index (κ3) is 4.73. The number of nitrogens with one attached hydrogen (secondary N) is 1. The molecule has 0 saturated carbocycles. The Kier molecular flexibility index (Phi) is 6.82. The highest BCUT2D eigenvalue weighted by molar-refractivity contribution is 5.95. The highest BCUT2D eigenvalue weighted by Crippen LogP contribution is 2.40. The molecular formula is C27H26N4O3. The molecule has 4 rings (SSSR count). The van der Waals surface area contributed by atoms with E-state index < -0.39 is 11.8 Å². The van der Waals surface area contributed by atoms with Crippen LogP contribution in [-0.2, 0) is 9.59 Å². The van der Waals surface area contributed by atoms with E-state index in [-0.39, 0.29) is 30.1 Å². The Balaban J connectivity index is 1.51. The summed E-state index contributed by atoms with van der Waals surface area (Å²) in [6.45, 7) is 3.59. The van der Waals surface area contributed by atoms with Gasteiger partial charge >= 0.3 is 0 Å². The average Bonchev–Trinajstić information content (AvgIpc) is 3.14. The standard InChI is InChI=1S/C27H26N4O3/c1-18(2)31-22-16-10-9-15-21(22)25(27(31)34)30-29-23(32)17-28-26(33)24(19-11-5-3-6-12-19)20-13-7-4-8-14-20/h3-16,18,24,34H,17H2,1-2H3,(H,28,33). The summed E-state index contributed by atoms with van der Waals surface area (Å²) < 4.78 is 1.74. The number of benzene rings is 3. The number of hydrogen-bond donors (Lipinski definition) is 2. The van der Waals surface area contributed by atoms with Gasteiger partial charge in [0.15, 0.2) is 5.69 Å². The number of nitrogens with zero attached hydrogens (tertiary/aromatic N) is 3. The van der Waals surface area contributed by atoms with Gasteiger partial charge in [0, 0.05) is 11.4 Å². The van der Waals surface area contributed by atoms with Crippen molar-refractivity contribution in [2.24, 2.45) is 10.2 Å². The van der Waals surface area contributed by atoms with Crippen molar-refractivity contribution in [1.82, 2.24) is 9.88 Å². The van der Waals surface area contributed by atoms with Crippen molar-refractivity contribution in [3.8, 4) is 5.88 Å². The van der Waals surface area contributed by atoms with E-state index in [1.165, 1.54) is 0 Å². The van der Waals surface area contributed by atoms with Crippen molar-refractivity contribution in [2.75, 3.05) is 6.54 Å². The number of carbonyl (C=O) groups is 2. The molecule has 0 radical (unpaired) electrons. The number of aromatic hydroxyl groups is 1. The Morgan fingerprint density at radius 3 is 2.03 bits per heavy atom. The maximum atomic E-state index is 13.1. The first-order chi connectivity index (χ1) is 16.5. The zero-order valence-corrected chi connectivity index (χ0v) is 19.1. The topological polar surface area (TPSA) is 96.0 Å². The molecule has 0 aliphatic heterocycles. The van der Waals surface area contributed by atoms with Crippen molar-refractivity contribution in [3.05, 3.63) is 96.1 Å². The van der Waals surface area contributed by atoms with Crippen LogP contribution in [0.15, 0.2) is 95.2 Å². The maximum Gasteiger partial charge on any atom is 0.283 e. The number of aromatic nitrogens is 1. The predicted molar refractivity (Wildman–Crippen MR) is 131 cm³/mol. The monoisotopic (exact) mass is 454 g/mol. The largest absolute Gasteiger partial charge is 0.493 e. The highest BCUT2D eigenvalue weighted by atomic mass is 16.3. The molecule has 4 aromatic rings. The van der Waals surface area contributed by atoms with Gasteiger partial charge < -0.3 is 15.0 Å². The van der Waals surface area contributed by atoms with Crippen LogP contribution in [0.25, 0.3) is 10.9 Å². The van der Waals surface area contributed by atoms with E-state index in [0.29, 0.717) is 5.39 Å². The first-order valence-electron chi connectivity index (χ1n) is 11.1. The number of amides is 2. The van der Waals surface area contributed by atoms with Crippen LogP contribution in [-0.4, -0.2) is 28.0 Å². The van der Waals surface area contributed by atoms with Crippen molar-refractivity contribution in [2.45, 2.75) is 25.8 Å². The van der Waals surface area contributed by atoms with Crippen LogP contribution in [0.3, 0.4) is 0 Å². The molecule has 2 amide bonds. The van der Waals surface area contributed by atoms with Crippen LogP contribution in [0.4, 0.5) is 5.69 Å². The summed E-state index contributed by atoms with van der Waals surface area (Å²) in [5.74, 6) is -1.53. The fraction of sp³-hybridized carbons (Fsp3) is 0.185. The molecule has 7 heteroatoms. The summed E-state index contributed by atoms with van der Waals surface area (Å²) >= 11 is 0. The van der Waals surface area contributed by atoms with Gasteiger partial charge in [0.25, 0.3) is 5.91 Å². The van der Waals surface area contributed by atoms with Crippen LogP contribution in [0.5, 0.6) is 5.88 Å². The molecule has 0 spiro atoms. The van der Waals surface area contributed by atoms with E-state index in [2.05, 4.69) is 15.5 Å². The van der Waals surface area contributed by atoms with Crippen LogP contribution in [0.2, 0.25) is 0 Å². The van der Waals surface area contributed by atoms with Crippen LogP contribution in [0.1, 0.15) is 36.9 Å². The molecule has 1 heterocycles. The van der Waals surface area contributed by atoms with Gasteiger partial charge in [-0.25, -0.2) is 0 Å². The molecule has 0 atom stereocenters. The smallest absolute Gasteiger partial charge is 0.283 e. The van der Waals surface area contributed by atoms with E-state index in [1.807, 2.05) is 98.8 Å². The summed E-state index contributed by atoms with van der Waals surface area (Å²) in [6, 6.07) is 26.2. The zero-order valence-electron chi connectivity index (χ0n) is 19.1. The molecule has 0 unspecified atom stereocenters. The molecule has 7 nitrogen and oxygen atoms in total. The third-order valence-electron chi connectivity index (χ3n) is 5.58. The quantitative estimate of drug-likeness (QED) is 0.362. The fourth-order valence-corrected chi connectivity index (χ4v) is 4.05. The Hall–Kier alpha value is -4.26. The van der Waals surface area contributed by atoms with Crippen molar-refractivity contribution < 1.29 is 14.7 Å². The highest BCUT2D eigenvalue weighted by Gasteiger charge is 2.23. The van der Waals surface area contributed by atoms with Gasteiger partial charge in [-0.3, -0.25) is 9.59 Å². The predicted octanol–water partition coefficient (Wildman–Crippen LogP) is 5.49. The molecule has 0 aliphatic carbocycles.